The third-order valence-corrected chi connectivity index (χ3v) is 2.69. The van der Waals surface area contributed by atoms with Gasteiger partial charge in [0.2, 0.25) is 5.95 Å². The number of hydrogen-bond acceptors (Lipinski definition) is 5. The Morgan fingerprint density at radius 3 is 2.79 bits per heavy atom. The van der Waals surface area contributed by atoms with Crippen LogP contribution in [-0.2, 0) is 0 Å². The normalized spacial score (nSPS) is 9.79. The van der Waals surface area contributed by atoms with E-state index in [1.54, 1.807) is 38.3 Å². The third kappa shape index (κ3) is 3.12. The number of methoxy groups -OCH3 is 1. The fourth-order valence-corrected chi connectivity index (χ4v) is 1.74. The molecule has 19 heavy (non-hydrogen) atoms. The van der Waals surface area contributed by atoms with Crippen molar-refractivity contribution >= 4 is 23.2 Å². The first-order chi connectivity index (χ1) is 9.12. The summed E-state index contributed by atoms with van der Waals surface area (Å²) < 4.78 is 5.13. The average molecular weight is 275 g/mol. The number of aryl methyl sites for hydroxylation is 1. The molecule has 0 saturated carbocycles. The highest BCUT2D eigenvalue weighted by Gasteiger charge is 2.05. The molecule has 0 amide bonds. The minimum absolute atomic E-state index is 0.316. The second-order valence-corrected chi connectivity index (χ2v) is 4.21. The molecule has 0 aliphatic rings. The Morgan fingerprint density at radius 2 is 2.11 bits per heavy atom. The van der Waals surface area contributed by atoms with Gasteiger partial charge in [-0.2, -0.15) is 5.26 Å². The molecule has 2 rings (SSSR count). The largest absolute Gasteiger partial charge is 0.495 e. The zero-order valence-electron chi connectivity index (χ0n) is 10.4. The van der Waals surface area contributed by atoms with Gasteiger partial charge < -0.3 is 10.1 Å². The number of nitrogens with zero attached hydrogens (tertiary/aromatic N) is 3. The highest BCUT2D eigenvalue weighted by atomic mass is 35.5. The molecule has 1 heterocycles. The van der Waals surface area contributed by atoms with Gasteiger partial charge in [-0.25, -0.2) is 9.97 Å². The van der Waals surface area contributed by atoms with E-state index >= 15 is 0 Å². The van der Waals surface area contributed by atoms with Crippen LogP contribution < -0.4 is 10.1 Å². The SMILES string of the molecule is COc1cc(Nc2nc(C)cc(C#N)n2)ccc1Cl. The van der Waals surface area contributed by atoms with Crippen LogP contribution in [0.1, 0.15) is 11.4 Å². The standard InChI is InChI=1S/C13H11ClN4O/c1-8-5-10(7-15)18-13(16-8)17-9-3-4-11(14)12(6-9)19-2/h3-6H,1-2H3,(H,16,17,18). The molecule has 6 heteroatoms. The number of halogens is 1. The topological polar surface area (TPSA) is 70.8 Å². The van der Waals surface area contributed by atoms with Crippen LogP contribution in [0.5, 0.6) is 5.75 Å². The summed E-state index contributed by atoms with van der Waals surface area (Å²) in [4.78, 5) is 8.28. The number of nitrogens with one attached hydrogen (secondary N) is 1. The molecule has 0 spiro atoms. The molecule has 0 unspecified atom stereocenters. The molecule has 0 saturated heterocycles. The number of ether oxygens (including phenoxy) is 1. The van der Waals surface area contributed by atoms with E-state index < -0.39 is 0 Å². The zero-order valence-corrected chi connectivity index (χ0v) is 11.2. The van der Waals surface area contributed by atoms with E-state index in [1.165, 1.54) is 0 Å². The van der Waals surface area contributed by atoms with Gasteiger partial charge in [0.05, 0.1) is 12.1 Å². The summed E-state index contributed by atoms with van der Waals surface area (Å²) in [5.74, 6) is 0.917. The fraction of sp³-hybridized carbons (Fsp3) is 0.154. The van der Waals surface area contributed by atoms with Gasteiger partial charge in [0.15, 0.2) is 0 Å². The lowest BCUT2D eigenvalue weighted by atomic mass is 10.3. The first kappa shape index (κ1) is 13.1. The maximum atomic E-state index is 8.87. The Hall–Kier alpha value is -2.32. The molecule has 1 aromatic carbocycles. The first-order valence-electron chi connectivity index (χ1n) is 5.48. The van der Waals surface area contributed by atoms with Crippen LogP contribution in [0.4, 0.5) is 11.6 Å². The zero-order chi connectivity index (χ0) is 13.8. The summed E-state index contributed by atoms with van der Waals surface area (Å²) >= 11 is 5.95. The fourth-order valence-electron chi connectivity index (χ4n) is 1.55. The van der Waals surface area contributed by atoms with E-state index in [9.17, 15) is 0 Å². The second-order valence-electron chi connectivity index (χ2n) is 3.80. The van der Waals surface area contributed by atoms with E-state index in [2.05, 4.69) is 15.3 Å². The molecule has 1 N–H and O–H groups in total. The number of benzene rings is 1. The maximum Gasteiger partial charge on any atom is 0.228 e. The molecule has 5 nitrogen and oxygen atoms in total. The molecule has 2 aromatic rings. The minimum atomic E-state index is 0.316. The molecule has 0 fully saturated rings. The Morgan fingerprint density at radius 1 is 1.32 bits per heavy atom. The van der Waals surface area contributed by atoms with Gasteiger partial charge in [0.25, 0.3) is 0 Å². The third-order valence-electron chi connectivity index (χ3n) is 2.38. The van der Waals surface area contributed by atoms with Crippen LogP contribution in [0.15, 0.2) is 24.3 Å². The quantitative estimate of drug-likeness (QED) is 0.931. The van der Waals surface area contributed by atoms with Crippen LogP contribution in [0, 0.1) is 18.3 Å². The van der Waals surface area contributed by atoms with Crippen molar-refractivity contribution in [2.75, 3.05) is 12.4 Å². The van der Waals surface area contributed by atoms with Gasteiger partial charge in [-0.15, -0.1) is 0 Å². The molecule has 0 radical (unpaired) electrons. The highest BCUT2D eigenvalue weighted by molar-refractivity contribution is 6.32. The average Bonchev–Trinajstić information content (AvgIpc) is 2.40. The molecule has 0 aliphatic carbocycles. The lowest BCUT2D eigenvalue weighted by Crippen LogP contribution is -2.00. The number of rotatable bonds is 3. The Kier molecular flexibility index (Phi) is 3.83. The monoisotopic (exact) mass is 274 g/mol. The van der Waals surface area contributed by atoms with E-state index in [4.69, 9.17) is 21.6 Å². The highest BCUT2D eigenvalue weighted by Crippen LogP contribution is 2.28. The van der Waals surface area contributed by atoms with E-state index in [0.29, 0.717) is 22.4 Å². The smallest absolute Gasteiger partial charge is 0.228 e. The maximum absolute atomic E-state index is 8.87. The van der Waals surface area contributed by atoms with Crippen LogP contribution in [0.25, 0.3) is 0 Å². The molecule has 1 aromatic heterocycles. The predicted molar refractivity (Wildman–Crippen MR) is 72.8 cm³/mol. The summed E-state index contributed by atoms with van der Waals surface area (Å²) in [7, 11) is 1.54. The summed E-state index contributed by atoms with van der Waals surface area (Å²) in [5.41, 5.74) is 1.77. The number of aromatic nitrogens is 2. The van der Waals surface area contributed by atoms with Crippen molar-refractivity contribution < 1.29 is 4.74 Å². The first-order valence-corrected chi connectivity index (χ1v) is 5.86. The molecule has 96 valence electrons. The Balaban J connectivity index is 2.31. The van der Waals surface area contributed by atoms with Gasteiger partial charge in [-0.3, -0.25) is 0 Å². The Bertz CT molecular complexity index is 652. The molecule has 0 bridgehead atoms. The second kappa shape index (κ2) is 5.55. The van der Waals surface area contributed by atoms with Gasteiger partial charge in [-0.1, -0.05) is 11.6 Å². The minimum Gasteiger partial charge on any atom is -0.495 e. The van der Waals surface area contributed by atoms with Gasteiger partial charge in [-0.05, 0) is 25.1 Å². The van der Waals surface area contributed by atoms with Crippen molar-refractivity contribution in [3.8, 4) is 11.8 Å². The Labute approximate surface area is 115 Å². The van der Waals surface area contributed by atoms with Crippen molar-refractivity contribution in [3.05, 3.63) is 40.7 Å². The summed E-state index contributed by atoms with van der Waals surface area (Å²) in [5, 5.41) is 12.4. The molecule has 0 atom stereocenters. The molecule has 0 aliphatic heterocycles. The van der Waals surface area contributed by atoms with Gasteiger partial charge in [0.1, 0.15) is 17.5 Å². The van der Waals surface area contributed by atoms with Crippen molar-refractivity contribution in [1.29, 1.82) is 5.26 Å². The lowest BCUT2D eigenvalue weighted by Gasteiger charge is -2.08. The summed E-state index contributed by atoms with van der Waals surface area (Å²) in [6, 6.07) is 8.84. The van der Waals surface area contributed by atoms with Crippen molar-refractivity contribution in [3.63, 3.8) is 0 Å². The van der Waals surface area contributed by atoms with E-state index in [-0.39, 0.29) is 0 Å². The van der Waals surface area contributed by atoms with Crippen molar-refractivity contribution in [2.24, 2.45) is 0 Å². The summed E-state index contributed by atoms with van der Waals surface area (Å²) in [6.07, 6.45) is 0. The van der Waals surface area contributed by atoms with Crippen LogP contribution in [-0.4, -0.2) is 17.1 Å². The predicted octanol–water partition coefficient (Wildman–Crippen LogP) is 3.06. The van der Waals surface area contributed by atoms with Crippen molar-refractivity contribution in [2.45, 2.75) is 6.92 Å². The molecular weight excluding hydrogens is 264 g/mol. The molecular formula is C13H11ClN4O. The van der Waals surface area contributed by atoms with E-state index in [1.807, 2.05) is 6.07 Å². The number of hydrogen-bond donors (Lipinski definition) is 1. The van der Waals surface area contributed by atoms with Gasteiger partial charge >= 0.3 is 0 Å². The number of anilines is 2. The van der Waals surface area contributed by atoms with E-state index in [0.717, 1.165) is 11.4 Å². The number of nitriles is 1. The lowest BCUT2D eigenvalue weighted by molar-refractivity contribution is 0.415. The van der Waals surface area contributed by atoms with Crippen molar-refractivity contribution in [1.82, 2.24) is 9.97 Å². The summed E-state index contributed by atoms with van der Waals surface area (Å²) in [6.45, 7) is 1.80. The van der Waals surface area contributed by atoms with Crippen LogP contribution >= 0.6 is 11.6 Å². The van der Waals surface area contributed by atoms with Crippen LogP contribution in [0.3, 0.4) is 0 Å². The van der Waals surface area contributed by atoms with Gasteiger partial charge in [0, 0.05) is 17.4 Å². The van der Waals surface area contributed by atoms with Crippen LogP contribution in [0.2, 0.25) is 5.02 Å².